The largest absolute Gasteiger partial charge is 0.480 e. The molecule has 3 rings (SSSR count). The standard InChI is InChI=1S/C14H16N4OS/c1-10-7-15-4-3-11(10)8-16-9-12-13(19-2)17-14-18(12)5-6-20-14/h3-7,16H,8-9H2,1-2H3. The lowest BCUT2D eigenvalue weighted by Crippen LogP contribution is -2.15. The Kier molecular flexibility index (Phi) is 3.66. The first kappa shape index (κ1) is 13.1. The minimum Gasteiger partial charge on any atom is -0.480 e. The van der Waals surface area contributed by atoms with E-state index < -0.39 is 0 Å². The van der Waals surface area contributed by atoms with Gasteiger partial charge >= 0.3 is 0 Å². The molecule has 0 atom stereocenters. The minimum absolute atomic E-state index is 0.691. The molecule has 3 aromatic rings. The molecule has 20 heavy (non-hydrogen) atoms. The third-order valence-electron chi connectivity index (χ3n) is 3.26. The van der Waals surface area contributed by atoms with Crippen molar-refractivity contribution in [2.75, 3.05) is 7.11 Å². The van der Waals surface area contributed by atoms with Crippen LogP contribution >= 0.6 is 11.3 Å². The highest BCUT2D eigenvalue weighted by molar-refractivity contribution is 7.15. The number of pyridine rings is 1. The van der Waals surface area contributed by atoms with Crippen LogP contribution in [0, 0.1) is 6.92 Å². The molecule has 6 heteroatoms. The van der Waals surface area contributed by atoms with E-state index in [-0.39, 0.29) is 0 Å². The first-order valence-corrected chi connectivity index (χ1v) is 7.26. The average Bonchev–Trinajstić information content (AvgIpc) is 3.02. The number of ether oxygens (including phenoxy) is 1. The van der Waals surface area contributed by atoms with Crippen molar-refractivity contribution in [2.45, 2.75) is 20.0 Å². The van der Waals surface area contributed by atoms with Crippen molar-refractivity contribution < 1.29 is 4.74 Å². The van der Waals surface area contributed by atoms with E-state index in [1.54, 1.807) is 18.4 Å². The quantitative estimate of drug-likeness (QED) is 0.783. The van der Waals surface area contributed by atoms with Gasteiger partial charge in [0.05, 0.1) is 7.11 Å². The zero-order valence-electron chi connectivity index (χ0n) is 11.5. The second kappa shape index (κ2) is 5.60. The Morgan fingerprint density at radius 3 is 3.10 bits per heavy atom. The molecule has 0 saturated carbocycles. The Labute approximate surface area is 121 Å². The highest BCUT2D eigenvalue weighted by atomic mass is 32.1. The molecule has 0 fully saturated rings. The normalized spacial score (nSPS) is 11.1. The smallest absolute Gasteiger partial charge is 0.237 e. The highest BCUT2D eigenvalue weighted by Crippen LogP contribution is 2.22. The van der Waals surface area contributed by atoms with E-state index in [1.165, 1.54) is 11.1 Å². The van der Waals surface area contributed by atoms with Crippen LogP contribution in [0.5, 0.6) is 5.88 Å². The number of nitrogens with zero attached hydrogens (tertiary/aromatic N) is 3. The zero-order chi connectivity index (χ0) is 13.9. The van der Waals surface area contributed by atoms with Gasteiger partial charge in [-0.25, -0.2) is 0 Å². The molecule has 0 aliphatic rings. The number of rotatable bonds is 5. The van der Waals surface area contributed by atoms with Crippen molar-refractivity contribution in [1.82, 2.24) is 19.7 Å². The molecule has 0 radical (unpaired) electrons. The average molecular weight is 288 g/mol. The van der Waals surface area contributed by atoms with Gasteiger partial charge in [0.25, 0.3) is 0 Å². The monoisotopic (exact) mass is 288 g/mol. The molecule has 1 N–H and O–H groups in total. The van der Waals surface area contributed by atoms with Gasteiger partial charge in [-0.05, 0) is 24.1 Å². The van der Waals surface area contributed by atoms with Crippen molar-refractivity contribution in [3.63, 3.8) is 0 Å². The molecule has 3 heterocycles. The van der Waals surface area contributed by atoms with E-state index in [1.807, 2.05) is 30.0 Å². The maximum Gasteiger partial charge on any atom is 0.237 e. The summed E-state index contributed by atoms with van der Waals surface area (Å²) in [5.41, 5.74) is 3.50. The predicted molar refractivity (Wildman–Crippen MR) is 79.1 cm³/mol. The number of methoxy groups -OCH3 is 1. The summed E-state index contributed by atoms with van der Waals surface area (Å²) >= 11 is 1.61. The Balaban J connectivity index is 1.74. The van der Waals surface area contributed by atoms with Crippen LogP contribution in [0.1, 0.15) is 16.8 Å². The third-order valence-corrected chi connectivity index (χ3v) is 4.02. The minimum atomic E-state index is 0.691. The fraction of sp³-hybridized carbons (Fsp3) is 0.286. The number of thiazole rings is 1. The van der Waals surface area contributed by atoms with Crippen molar-refractivity contribution in [1.29, 1.82) is 0 Å². The van der Waals surface area contributed by atoms with E-state index in [9.17, 15) is 0 Å². The van der Waals surface area contributed by atoms with E-state index in [0.717, 1.165) is 17.2 Å². The molecule has 0 bridgehead atoms. The summed E-state index contributed by atoms with van der Waals surface area (Å²) in [6.07, 6.45) is 5.72. The maximum atomic E-state index is 5.34. The van der Waals surface area contributed by atoms with E-state index in [2.05, 4.69) is 26.6 Å². The summed E-state index contributed by atoms with van der Waals surface area (Å²) in [5, 5.41) is 5.46. The SMILES string of the molecule is COc1nc2sccn2c1CNCc1ccncc1C. The van der Waals surface area contributed by atoms with Crippen LogP contribution < -0.4 is 10.1 Å². The Morgan fingerprint density at radius 1 is 1.40 bits per heavy atom. The fourth-order valence-corrected chi connectivity index (χ4v) is 2.88. The van der Waals surface area contributed by atoms with Gasteiger partial charge in [-0.3, -0.25) is 9.38 Å². The summed E-state index contributed by atoms with van der Waals surface area (Å²) in [5.74, 6) is 0.691. The lowest BCUT2D eigenvalue weighted by Gasteiger charge is -2.07. The molecule has 0 aliphatic heterocycles. The van der Waals surface area contributed by atoms with Crippen LogP contribution in [0.2, 0.25) is 0 Å². The lowest BCUT2D eigenvalue weighted by molar-refractivity contribution is 0.393. The maximum absolute atomic E-state index is 5.34. The van der Waals surface area contributed by atoms with Crippen molar-refractivity contribution in [3.8, 4) is 5.88 Å². The number of hydrogen-bond donors (Lipinski definition) is 1. The first-order chi connectivity index (χ1) is 9.79. The van der Waals surface area contributed by atoms with Gasteiger partial charge in [-0.2, -0.15) is 4.98 Å². The van der Waals surface area contributed by atoms with Gasteiger partial charge in [0, 0.05) is 37.1 Å². The van der Waals surface area contributed by atoms with Gasteiger partial charge in [0.2, 0.25) is 5.88 Å². The molecule has 0 amide bonds. The Hall–Kier alpha value is -1.92. The number of aryl methyl sites for hydroxylation is 1. The Bertz CT molecular complexity index is 719. The predicted octanol–water partition coefficient (Wildman–Crippen LogP) is 2.40. The summed E-state index contributed by atoms with van der Waals surface area (Å²) in [7, 11) is 1.66. The Morgan fingerprint density at radius 2 is 2.30 bits per heavy atom. The number of nitrogens with one attached hydrogen (secondary N) is 1. The fourth-order valence-electron chi connectivity index (χ4n) is 2.15. The lowest BCUT2D eigenvalue weighted by atomic mass is 10.1. The van der Waals surface area contributed by atoms with Gasteiger partial charge in [-0.1, -0.05) is 0 Å². The molecule has 3 aromatic heterocycles. The third kappa shape index (κ3) is 2.39. The van der Waals surface area contributed by atoms with Crippen LogP contribution in [0.15, 0.2) is 30.0 Å². The van der Waals surface area contributed by atoms with Crippen LogP contribution in [0.25, 0.3) is 4.96 Å². The molecule has 0 unspecified atom stereocenters. The van der Waals surface area contributed by atoms with Crippen LogP contribution in [0.4, 0.5) is 0 Å². The van der Waals surface area contributed by atoms with E-state index in [4.69, 9.17) is 4.74 Å². The van der Waals surface area contributed by atoms with Crippen LogP contribution in [-0.2, 0) is 13.1 Å². The molecule has 0 aromatic carbocycles. The molecule has 0 saturated heterocycles. The molecular formula is C14H16N4OS. The van der Waals surface area contributed by atoms with Crippen LogP contribution in [-0.4, -0.2) is 21.5 Å². The molecule has 0 spiro atoms. The van der Waals surface area contributed by atoms with Gasteiger partial charge < -0.3 is 10.1 Å². The zero-order valence-corrected chi connectivity index (χ0v) is 12.3. The molecule has 5 nitrogen and oxygen atoms in total. The summed E-state index contributed by atoms with van der Waals surface area (Å²) in [6.45, 7) is 3.58. The van der Waals surface area contributed by atoms with Crippen molar-refractivity contribution >= 4 is 16.3 Å². The summed E-state index contributed by atoms with van der Waals surface area (Å²) in [4.78, 5) is 9.50. The summed E-state index contributed by atoms with van der Waals surface area (Å²) < 4.78 is 7.41. The number of hydrogen-bond acceptors (Lipinski definition) is 5. The molecular weight excluding hydrogens is 272 g/mol. The topological polar surface area (TPSA) is 51.5 Å². The first-order valence-electron chi connectivity index (χ1n) is 6.38. The second-order valence-corrected chi connectivity index (χ2v) is 5.40. The molecule has 104 valence electrons. The van der Waals surface area contributed by atoms with Crippen LogP contribution in [0.3, 0.4) is 0 Å². The molecule has 0 aliphatic carbocycles. The van der Waals surface area contributed by atoms with Gasteiger partial charge in [0.1, 0.15) is 5.69 Å². The van der Waals surface area contributed by atoms with Crippen molar-refractivity contribution in [2.24, 2.45) is 0 Å². The van der Waals surface area contributed by atoms with Gasteiger partial charge in [-0.15, -0.1) is 11.3 Å². The van der Waals surface area contributed by atoms with Gasteiger partial charge in [0.15, 0.2) is 4.96 Å². The summed E-state index contributed by atoms with van der Waals surface area (Å²) in [6, 6.07) is 2.04. The number of aromatic nitrogens is 3. The van der Waals surface area contributed by atoms with E-state index >= 15 is 0 Å². The highest BCUT2D eigenvalue weighted by Gasteiger charge is 2.13. The second-order valence-electron chi connectivity index (χ2n) is 4.53. The number of imidazole rings is 1. The van der Waals surface area contributed by atoms with E-state index in [0.29, 0.717) is 12.4 Å². The van der Waals surface area contributed by atoms with Crippen molar-refractivity contribution in [3.05, 3.63) is 46.9 Å². The number of fused-ring (bicyclic) bond motifs is 1.